The van der Waals surface area contributed by atoms with Crippen LogP contribution in [0.4, 0.5) is 0 Å². The Balaban J connectivity index is 0.00000312. The van der Waals surface area contributed by atoms with Gasteiger partial charge in [-0.15, -0.1) is 35.3 Å². The highest BCUT2D eigenvalue weighted by molar-refractivity contribution is 14.0. The van der Waals surface area contributed by atoms with Gasteiger partial charge in [-0.2, -0.15) is 0 Å². The van der Waals surface area contributed by atoms with Crippen LogP contribution in [0, 0.1) is 0 Å². The third kappa shape index (κ3) is 8.55. The molecule has 0 fully saturated rings. The molecule has 1 aromatic heterocycles. The Morgan fingerprint density at radius 2 is 2.04 bits per heavy atom. The number of nitrogens with one attached hydrogen (secondary N) is 1. The van der Waals surface area contributed by atoms with Gasteiger partial charge in [-0.25, -0.2) is 4.99 Å². The highest BCUT2D eigenvalue weighted by Crippen LogP contribution is 2.18. The summed E-state index contributed by atoms with van der Waals surface area (Å²) >= 11 is 1.76. The van der Waals surface area contributed by atoms with Gasteiger partial charge >= 0.3 is 0 Å². The lowest BCUT2D eigenvalue weighted by atomic mass is 10.2. The van der Waals surface area contributed by atoms with Crippen molar-refractivity contribution >= 4 is 41.3 Å². The van der Waals surface area contributed by atoms with E-state index in [0.717, 1.165) is 30.8 Å². The summed E-state index contributed by atoms with van der Waals surface area (Å²) < 4.78 is 5.84. The van der Waals surface area contributed by atoms with E-state index < -0.39 is 0 Å². The molecule has 0 radical (unpaired) electrons. The molecule has 0 aliphatic carbocycles. The van der Waals surface area contributed by atoms with Crippen LogP contribution in [-0.4, -0.2) is 44.7 Å². The Hall–Kier alpha value is -1.32. The number of likely N-dealkylation sites (N-methyl/N-ethyl adjacent to an activating group) is 1. The van der Waals surface area contributed by atoms with Crippen LogP contribution in [0.25, 0.3) is 0 Å². The Labute approximate surface area is 171 Å². The lowest BCUT2D eigenvalue weighted by molar-refractivity contribution is 0.259. The monoisotopic (exact) mass is 474 g/mol. The van der Waals surface area contributed by atoms with E-state index in [0.29, 0.717) is 19.1 Å². The number of nitrogens with zero attached hydrogens (tertiary/aromatic N) is 2. The lowest BCUT2D eigenvalue weighted by Gasteiger charge is -2.13. The number of rotatable bonds is 9. The molecule has 0 bridgehead atoms. The second kappa shape index (κ2) is 12.1. The predicted octanol–water partition coefficient (Wildman–Crippen LogP) is 2.95. The van der Waals surface area contributed by atoms with Crippen LogP contribution in [0.5, 0.6) is 5.75 Å². The third-order valence-electron chi connectivity index (χ3n) is 3.45. The normalized spacial score (nSPS) is 11.2. The molecule has 0 saturated carbocycles. The summed E-state index contributed by atoms with van der Waals surface area (Å²) in [7, 11) is 4.06. The molecule has 7 heteroatoms. The van der Waals surface area contributed by atoms with Gasteiger partial charge in [0, 0.05) is 23.5 Å². The van der Waals surface area contributed by atoms with Crippen LogP contribution < -0.4 is 15.8 Å². The van der Waals surface area contributed by atoms with E-state index in [9.17, 15) is 0 Å². The first-order valence-electron chi connectivity index (χ1n) is 8.07. The van der Waals surface area contributed by atoms with Gasteiger partial charge in [0.15, 0.2) is 5.96 Å². The molecule has 0 aliphatic rings. The Morgan fingerprint density at radius 3 is 2.76 bits per heavy atom. The van der Waals surface area contributed by atoms with E-state index >= 15 is 0 Å². The van der Waals surface area contributed by atoms with Crippen molar-refractivity contribution in [1.29, 1.82) is 0 Å². The van der Waals surface area contributed by atoms with Crippen molar-refractivity contribution in [3.05, 3.63) is 52.2 Å². The minimum atomic E-state index is 0. The molecule has 2 aromatic rings. The van der Waals surface area contributed by atoms with E-state index in [1.807, 2.05) is 38.4 Å². The van der Waals surface area contributed by atoms with Gasteiger partial charge in [0.1, 0.15) is 12.4 Å². The first-order chi connectivity index (χ1) is 11.6. The van der Waals surface area contributed by atoms with Crippen LogP contribution in [0.3, 0.4) is 0 Å². The number of guanidine groups is 1. The Kier molecular flexibility index (Phi) is 10.5. The molecule has 0 amide bonds. The van der Waals surface area contributed by atoms with Gasteiger partial charge < -0.3 is 20.7 Å². The van der Waals surface area contributed by atoms with Crippen molar-refractivity contribution in [2.24, 2.45) is 10.7 Å². The highest BCUT2D eigenvalue weighted by Gasteiger charge is 2.03. The maximum absolute atomic E-state index is 5.95. The molecule has 3 N–H and O–H groups in total. The van der Waals surface area contributed by atoms with Crippen LogP contribution >= 0.6 is 35.3 Å². The summed E-state index contributed by atoms with van der Waals surface area (Å²) in [5.74, 6) is 1.34. The zero-order valence-corrected chi connectivity index (χ0v) is 17.9. The standard InChI is InChI=1S/C18H26N4OS.HI/c1-22(2)11-12-23-17-8-4-3-6-15(17)14-21-18(19)20-10-9-16-7-5-13-24-16;/h3-8,13H,9-12,14H2,1-2H3,(H3,19,20,21);1H. The number of ether oxygens (including phenoxy) is 1. The molecule has 0 atom stereocenters. The molecule has 1 aromatic carbocycles. The van der Waals surface area contributed by atoms with Crippen LogP contribution in [0.15, 0.2) is 46.8 Å². The summed E-state index contributed by atoms with van der Waals surface area (Å²) in [5, 5.41) is 5.24. The van der Waals surface area contributed by atoms with Gasteiger partial charge in [-0.05, 0) is 38.0 Å². The summed E-state index contributed by atoms with van der Waals surface area (Å²) in [4.78, 5) is 7.85. The van der Waals surface area contributed by atoms with E-state index in [2.05, 4.69) is 32.7 Å². The molecular weight excluding hydrogens is 447 g/mol. The van der Waals surface area contributed by atoms with Gasteiger partial charge in [-0.3, -0.25) is 0 Å². The summed E-state index contributed by atoms with van der Waals surface area (Å²) in [6.45, 7) is 2.83. The molecule has 2 rings (SSSR count). The molecule has 0 spiro atoms. The minimum Gasteiger partial charge on any atom is -0.492 e. The fraction of sp³-hybridized carbons (Fsp3) is 0.389. The summed E-state index contributed by atoms with van der Waals surface area (Å²) in [5.41, 5.74) is 6.99. The number of nitrogens with two attached hydrogens (primary N) is 1. The summed E-state index contributed by atoms with van der Waals surface area (Å²) in [6, 6.07) is 12.1. The second-order valence-electron chi connectivity index (χ2n) is 5.72. The fourth-order valence-electron chi connectivity index (χ4n) is 2.11. The van der Waals surface area contributed by atoms with Crippen LogP contribution in [0.1, 0.15) is 10.4 Å². The zero-order chi connectivity index (χ0) is 17.2. The van der Waals surface area contributed by atoms with E-state index in [4.69, 9.17) is 10.5 Å². The Bertz CT molecular complexity index is 632. The van der Waals surface area contributed by atoms with Gasteiger partial charge in [0.25, 0.3) is 0 Å². The number of aliphatic imine (C=N–C) groups is 1. The average molecular weight is 474 g/mol. The number of para-hydroxylation sites is 1. The van der Waals surface area contributed by atoms with Crippen molar-refractivity contribution in [1.82, 2.24) is 10.2 Å². The van der Waals surface area contributed by atoms with Crippen LogP contribution in [0.2, 0.25) is 0 Å². The van der Waals surface area contributed by atoms with Crippen LogP contribution in [-0.2, 0) is 13.0 Å². The van der Waals surface area contributed by atoms with Gasteiger partial charge in [-0.1, -0.05) is 24.3 Å². The number of thiophene rings is 1. The minimum absolute atomic E-state index is 0. The molecule has 138 valence electrons. The van der Waals surface area contributed by atoms with Crippen molar-refractivity contribution in [2.75, 3.05) is 33.8 Å². The average Bonchev–Trinajstić information content (AvgIpc) is 3.07. The SMILES string of the molecule is CN(C)CCOc1ccccc1CN=C(N)NCCc1cccs1.I. The van der Waals surface area contributed by atoms with Crippen molar-refractivity contribution in [3.8, 4) is 5.75 Å². The molecule has 25 heavy (non-hydrogen) atoms. The zero-order valence-electron chi connectivity index (χ0n) is 14.8. The molecule has 5 nitrogen and oxygen atoms in total. The first-order valence-corrected chi connectivity index (χ1v) is 8.94. The van der Waals surface area contributed by atoms with Crippen molar-refractivity contribution < 1.29 is 4.74 Å². The van der Waals surface area contributed by atoms with E-state index in [1.165, 1.54) is 4.88 Å². The van der Waals surface area contributed by atoms with E-state index in [-0.39, 0.29) is 24.0 Å². The van der Waals surface area contributed by atoms with Gasteiger partial charge in [0.05, 0.1) is 6.54 Å². The number of benzene rings is 1. The topological polar surface area (TPSA) is 62.9 Å². The molecule has 0 unspecified atom stereocenters. The van der Waals surface area contributed by atoms with Gasteiger partial charge in [0.2, 0.25) is 0 Å². The number of hydrogen-bond donors (Lipinski definition) is 2. The third-order valence-corrected chi connectivity index (χ3v) is 4.38. The largest absolute Gasteiger partial charge is 0.492 e. The number of hydrogen-bond acceptors (Lipinski definition) is 4. The lowest BCUT2D eigenvalue weighted by Crippen LogP contribution is -2.33. The van der Waals surface area contributed by atoms with Crippen molar-refractivity contribution in [2.45, 2.75) is 13.0 Å². The number of halogens is 1. The predicted molar refractivity (Wildman–Crippen MR) is 117 cm³/mol. The highest BCUT2D eigenvalue weighted by atomic mass is 127. The maximum atomic E-state index is 5.95. The van der Waals surface area contributed by atoms with Crippen molar-refractivity contribution in [3.63, 3.8) is 0 Å². The quantitative estimate of drug-likeness (QED) is 0.333. The molecule has 0 aliphatic heterocycles. The smallest absolute Gasteiger partial charge is 0.188 e. The molecular formula is C18H27IN4OS. The first kappa shape index (κ1) is 21.7. The molecule has 1 heterocycles. The Morgan fingerprint density at radius 1 is 1.24 bits per heavy atom. The van der Waals surface area contributed by atoms with E-state index in [1.54, 1.807) is 11.3 Å². The maximum Gasteiger partial charge on any atom is 0.188 e. The summed E-state index contributed by atoms with van der Waals surface area (Å²) in [6.07, 6.45) is 0.956. The fourth-order valence-corrected chi connectivity index (χ4v) is 2.82. The molecule has 0 saturated heterocycles. The second-order valence-corrected chi connectivity index (χ2v) is 6.75.